The molecule has 0 aliphatic rings. The van der Waals surface area contributed by atoms with Gasteiger partial charge in [0.15, 0.2) is 12.4 Å². The normalized spacial score (nSPS) is 8.40. The molecule has 1 aromatic rings. The highest BCUT2D eigenvalue weighted by Gasteiger charge is 2.03. The van der Waals surface area contributed by atoms with Crippen molar-refractivity contribution in [2.24, 2.45) is 0 Å². The molecule has 1 aromatic carbocycles. The maximum Gasteiger partial charge on any atom is 0.293 e. The maximum atomic E-state index is 11.1. The molecule has 0 heterocycles. The molecule has 0 amide bonds. The molecular formula is C11H15NO3. The summed E-state index contributed by atoms with van der Waals surface area (Å²) in [5, 5.41) is 2.75. The molecule has 0 aromatic heterocycles. The van der Waals surface area contributed by atoms with E-state index in [-0.39, 0.29) is 18.9 Å². The van der Waals surface area contributed by atoms with Gasteiger partial charge in [-0.25, -0.2) is 0 Å². The highest BCUT2D eigenvalue weighted by atomic mass is 16.5. The summed E-state index contributed by atoms with van der Waals surface area (Å²) in [5.41, 5.74) is 0.555. The van der Waals surface area contributed by atoms with Gasteiger partial charge in [0.1, 0.15) is 0 Å². The number of rotatable bonds is 4. The van der Waals surface area contributed by atoms with Gasteiger partial charge in [-0.05, 0) is 14.1 Å². The fraction of sp³-hybridized carbons (Fsp3) is 0.273. The Labute approximate surface area is 89.2 Å². The first-order valence-corrected chi connectivity index (χ1v) is 4.48. The summed E-state index contributed by atoms with van der Waals surface area (Å²) < 4.78 is 4.32. The van der Waals surface area contributed by atoms with E-state index >= 15 is 0 Å². The van der Waals surface area contributed by atoms with Crippen molar-refractivity contribution in [3.8, 4) is 0 Å². The second kappa shape index (κ2) is 8.90. The molecule has 0 aliphatic heterocycles. The number of carbonyl (C=O) groups excluding carboxylic acids is 2. The van der Waals surface area contributed by atoms with E-state index in [1.165, 1.54) is 0 Å². The SMILES string of the molecule is CNC.O=COCC(=O)c1ccccc1. The van der Waals surface area contributed by atoms with Gasteiger partial charge in [-0.2, -0.15) is 0 Å². The molecular weight excluding hydrogens is 194 g/mol. The van der Waals surface area contributed by atoms with Crippen LogP contribution in [0.4, 0.5) is 0 Å². The molecule has 0 unspecified atom stereocenters. The van der Waals surface area contributed by atoms with Gasteiger partial charge in [0.2, 0.25) is 0 Å². The van der Waals surface area contributed by atoms with E-state index in [0.717, 1.165) is 0 Å². The fourth-order valence-corrected chi connectivity index (χ4v) is 0.817. The first-order valence-electron chi connectivity index (χ1n) is 4.48. The van der Waals surface area contributed by atoms with E-state index in [2.05, 4.69) is 10.1 Å². The molecule has 0 saturated carbocycles. The molecule has 4 heteroatoms. The van der Waals surface area contributed by atoms with Crippen LogP contribution in [0.3, 0.4) is 0 Å². The summed E-state index contributed by atoms with van der Waals surface area (Å²) in [7, 11) is 3.75. The predicted molar refractivity (Wildman–Crippen MR) is 57.8 cm³/mol. The van der Waals surface area contributed by atoms with Crippen molar-refractivity contribution in [1.82, 2.24) is 5.32 Å². The van der Waals surface area contributed by atoms with Gasteiger partial charge in [-0.3, -0.25) is 9.59 Å². The molecule has 0 bridgehead atoms. The van der Waals surface area contributed by atoms with Crippen LogP contribution in [0.2, 0.25) is 0 Å². The van der Waals surface area contributed by atoms with Crippen molar-refractivity contribution in [3.05, 3.63) is 35.9 Å². The Kier molecular flexibility index (Phi) is 7.90. The average molecular weight is 209 g/mol. The molecule has 15 heavy (non-hydrogen) atoms. The molecule has 0 saturated heterocycles. The highest BCUT2D eigenvalue weighted by Crippen LogP contribution is 1.99. The van der Waals surface area contributed by atoms with Crippen molar-refractivity contribution in [3.63, 3.8) is 0 Å². The van der Waals surface area contributed by atoms with Crippen LogP contribution in [0.5, 0.6) is 0 Å². The Hall–Kier alpha value is -1.68. The molecule has 0 aliphatic carbocycles. The van der Waals surface area contributed by atoms with E-state index in [9.17, 15) is 9.59 Å². The Morgan fingerprint density at radius 3 is 2.33 bits per heavy atom. The Balaban J connectivity index is 0.000000583. The number of benzene rings is 1. The Morgan fingerprint density at radius 1 is 1.33 bits per heavy atom. The number of hydrogen-bond acceptors (Lipinski definition) is 4. The maximum absolute atomic E-state index is 11.1. The molecule has 82 valence electrons. The first-order chi connectivity index (χ1) is 7.26. The monoisotopic (exact) mass is 209 g/mol. The van der Waals surface area contributed by atoms with Gasteiger partial charge in [0, 0.05) is 5.56 Å². The zero-order valence-corrected chi connectivity index (χ0v) is 8.90. The van der Waals surface area contributed by atoms with E-state index in [0.29, 0.717) is 5.56 Å². The first kappa shape index (κ1) is 13.3. The summed E-state index contributed by atoms with van der Waals surface area (Å²) in [6, 6.07) is 8.69. The molecule has 0 radical (unpaired) electrons. The minimum atomic E-state index is -0.192. The molecule has 0 atom stereocenters. The van der Waals surface area contributed by atoms with E-state index in [4.69, 9.17) is 0 Å². The summed E-state index contributed by atoms with van der Waals surface area (Å²) in [6.45, 7) is 0.0777. The van der Waals surface area contributed by atoms with Crippen LogP contribution in [-0.2, 0) is 9.53 Å². The number of ketones is 1. The average Bonchev–Trinajstić information content (AvgIpc) is 2.28. The van der Waals surface area contributed by atoms with Gasteiger partial charge >= 0.3 is 0 Å². The quantitative estimate of drug-likeness (QED) is 0.590. The van der Waals surface area contributed by atoms with Crippen molar-refractivity contribution >= 4 is 12.3 Å². The van der Waals surface area contributed by atoms with Gasteiger partial charge < -0.3 is 10.1 Å². The van der Waals surface area contributed by atoms with Crippen LogP contribution in [0.1, 0.15) is 10.4 Å². The number of carbonyl (C=O) groups is 2. The molecule has 4 nitrogen and oxygen atoms in total. The number of ether oxygens (including phenoxy) is 1. The third-order valence-electron chi connectivity index (χ3n) is 1.38. The minimum Gasteiger partial charge on any atom is -0.459 e. The van der Waals surface area contributed by atoms with Crippen molar-refractivity contribution in [2.75, 3.05) is 20.7 Å². The number of hydrogen-bond donors (Lipinski definition) is 1. The van der Waals surface area contributed by atoms with E-state index < -0.39 is 0 Å². The van der Waals surface area contributed by atoms with Crippen molar-refractivity contribution in [2.45, 2.75) is 0 Å². The standard InChI is InChI=1S/C9H8O3.C2H7N/c10-7-12-6-9(11)8-4-2-1-3-5-8;1-3-2/h1-5,7H,6H2;3H,1-2H3. The van der Waals surface area contributed by atoms with Crippen molar-refractivity contribution in [1.29, 1.82) is 0 Å². The van der Waals surface area contributed by atoms with E-state index in [1.54, 1.807) is 24.3 Å². The fourth-order valence-electron chi connectivity index (χ4n) is 0.817. The van der Waals surface area contributed by atoms with E-state index in [1.807, 2.05) is 20.2 Å². The molecule has 0 spiro atoms. The molecule has 1 N–H and O–H groups in total. The third kappa shape index (κ3) is 6.40. The zero-order valence-electron chi connectivity index (χ0n) is 8.90. The Morgan fingerprint density at radius 2 is 1.87 bits per heavy atom. The second-order valence-corrected chi connectivity index (χ2v) is 2.70. The largest absolute Gasteiger partial charge is 0.459 e. The smallest absolute Gasteiger partial charge is 0.293 e. The molecule has 0 fully saturated rings. The van der Waals surface area contributed by atoms with Gasteiger partial charge in [-0.15, -0.1) is 0 Å². The van der Waals surface area contributed by atoms with Gasteiger partial charge in [-0.1, -0.05) is 30.3 Å². The summed E-state index contributed by atoms with van der Waals surface area (Å²) in [6.07, 6.45) is 0. The van der Waals surface area contributed by atoms with Crippen LogP contribution in [-0.4, -0.2) is 33.0 Å². The predicted octanol–water partition coefficient (Wildman–Crippen LogP) is 0.878. The third-order valence-corrected chi connectivity index (χ3v) is 1.38. The van der Waals surface area contributed by atoms with Crippen molar-refractivity contribution < 1.29 is 14.3 Å². The molecule has 1 rings (SSSR count). The zero-order chi connectivity index (χ0) is 11.5. The Bertz CT molecular complexity index is 285. The summed E-state index contributed by atoms with van der Waals surface area (Å²) >= 11 is 0. The topological polar surface area (TPSA) is 55.4 Å². The minimum absolute atomic E-state index is 0.187. The lowest BCUT2D eigenvalue weighted by Gasteiger charge is -1.97. The number of Topliss-reactive ketones (excluding diaryl/α,β-unsaturated/α-hetero) is 1. The summed E-state index contributed by atoms with van der Waals surface area (Å²) in [5.74, 6) is -0.192. The van der Waals surface area contributed by atoms with Crippen LogP contribution < -0.4 is 5.32 Å². The van der Waals surface area contributed by atoms with Crippen LogP contribution in [0.25, 0.3) is 0 Å². The lowest BCUT2D eigenvalue weighted by molar-refractivity contribution is -0.127. The van der Waals surface area contributed by atoms with Crippen LogP contribution in [0, 0.1) is 0 Å². The van der Waals surface area contributed by atoms with Gasteiger partial charge in [0.25, 0.3) is 6.47 Å². The summed E-state index contributed by atoms with van der Waals surface area (Å²) in [4.78, 5) is 20.9. The second-order valence-electron chi connectivity index (χ2n) is 2.70. The lowest BCUT2D eigenvalue weighted by Crippen LogP contribution is -2.07. The van der Waals surface area contributed by atoms with Crippen LogP contribution in [0.15, 0.2) is 30.3 Å². The lowest BCUT2D eigenvalue weighted by atomic mass is 10.1. The van der Waals surface area contributed by atoms with Crippen LogP contribution >= 0.6 is 0 Å². The highest BCUT2D eigenvalue weighted by molar-refractivity contribution is 5.97. The number of nitrogens with one attached hydrogen (secondary N) is 1. The van der Waals surface area contributed by atoms with Gasteiger partial charge in [0.05, 0.1) is 0 Å².